The Bertz CT molecular complexity index is 159. The van der Waals surface area contributed by atoms with Crippen LogP contribution in [0.1, 0.15) is 12.8 Å². The van der Waals surface area contributed by atoms with Crippen LogP contribution in [0.3, 0.4) is 0 Å². The van der Waals surface area contributed by atoms with E-state index in [-0.39, 0.29) is 0 Å². The largest absolute Gasteiger partial charge is 0.322 e. The zero-order valence-corrected chi connectivity index (χ0v) is 10.1. The molecule has 2 atom stereocenters. The fourth-order valence-corrected chi connectivity index (χ4v) is 1.82. The highest BCUT2D eigenvalue weighted by molar-refractivity contribution is 7.33. The average Bonchev–Trinajstić information content (AvgIpc) is 2.03. The van der Waals surface area contributed by atoms with E-state index < -0.39 is 20.7 Å². The normalized spacial score (nSPS) is 17.7. The van der Waals surface area contributed by atoms with Crippen molar-refractivity contribution in [3.8, 4) is 0 Å². The second kappa shape index (κ2) is 8.92. The fraction of sp³-hybridized carbons (Fsp3) is 1.00. The first-order valence-electron chi connectivity index (χ1n) is 4.10. The third-order valence-electron chi connectivity index (χ3n) is 1.28. The standard InChI is InChI=1S/C6H15Cl2N2O3P/c7-3-1-5(9)12-14(11)13-6(10)2-4-8/h5-6,14H,1-4,9-10H2. The number of halogens is 2. The topological polar surface area (TPSA) is 87.6 Å². The summed E-state index contributed by atoms with van der Waals surface area (Å²) < 4.78 is 20.7. The summed E-state index contributed by atoms with van der Waals surface area (Å²) in [5.41, 5.74) is 10.8. The first-order chi connectivity index (χ1) is 6.60. The molecule has 8 heteroatoms. The van der Waals surface area contributed by atoms with Gasteiger partial charge in [-0.25, -0.2) is 0 Å². The lowest BCUT2D eigenvalue weighted by Crippen LogP contribution is -2.25. The van der Waals surface area contributed by atoms with Gasteiger partial charge in [-0.3, -0.25) is 13.6 Å². The van der Waals surface area contributed by atoms with E-state index >= 15 is 0 Å². The highest BCUT2D eigenvalue weighted by Crippen LogP contribution is 2.27. The van der Waals surface area contributed by atoms with E-state index in [1.165, 1.54) is 0 Å². The van der Waals surface area contributed by atoms with Crippen LogP contribution in [0.2, 0.25) is 0 Å². The molecule has 5 nitrogen and oxygen atoms in total. The van der Waals surface area contributed by atoms with Gasteiger partial charge in [0.1, 0.15) is 12.5 Å². The van der Waals surface area contributed by atoms with Gasteiger partial charge in [0.25, 0.3) is 0 Å². The second-order valence-electron chi connectivity index (χ2n) is 2.52. The number of hydrogen-bond acceptors (Lipinski definition) is 5. The van der Waals surface area contributed by atoms with E-state index in [9.17, 15) is 4.57 Å². The smallest absolute Gasteiger partial charge is 0.306 e. The molecular formula is C6H15Cl2N2O3P. The van der Waals surface area contributed by atoms with Crippen LogP contribution in [0.15, 0.2) is 0 Å². The first-order valence-corrected chi connectivity index (χ1v) is 6.40. The Labute approximate surface area is 94.0 Å². The van der Waals surface area contributed by atoms with E-state index in [1.807, 2.05) is 0 Å². The molecule has 0 spiro atoms. The Balaban J connectivity index is 3.63. The summed E-state index contributed by atoms with van der Waals surface area (Å²) in [5, 5.41) is 0. The lowest BCUT2D eigenvalue weighted by atomic mass is 10.4. The van der Waals surface area contributed by atoms with Crippen LogP contribution in [0.25, 0.3) is 0 Å². The van der Waals surface area contributed by atoms with E-state index in [4.69, 9.17) is 43.7 Å². The molecule has 0 rings (SSSR count). The van der Waals surface area contributed by atoms with Crippen LogP contribution in [-0.2, 0) is 13.6 Å². The van der Waals surface area contributed by atoms with Crippen molar-refractivity contribution in [1.29, 1.82) is 0 Å². The van der Waals surface area contributed by atoms with Crippen molar-refractivity contribution < 1.29 is 13.6 Å². The second-order valence-corrected chi connectivity index (χ2v) is 4.25. The molecule has 0 saturated heterocycles. The molecule has 0 aliphatic rings. The molecule has 0 aromatic carbocycles. The van der Waals surface area contributed by atoms with Crippen molar-refractivity contribution in [3.63, 3.8) is 0 Å². The minimum atomic E-state index is -2.65. The minimum Gasteiger partial charge on any atom is -0.306 e. The predicted molar refractivity (Wildman–Crippen MR) is 57.8 cm³/mol. The molecule has 14 heavy (non-hydrogen) atoms. The molecule has 4 N–H and O–H groups in total. The summed E-state index contributed by atoms with van der Waals surface area (Å²) in [6, 6.07) is 0. The van der Waals surface area contributed by atoms with Crippen LogP contribution in [0, 0.1) is 0 Å². The van der Waals surface area contributed by atoms with Crippen molar-refractivity contribution in [3.05, 3.63) is 0 Å². The molecule has 0 aliphatic carbocycles. The van der Waals surface area contributed by atoms with Crippen LogP contribution < -0.4 is 11.5 Å². The highest BCUT2D eigenvalue weighted by Gasteiger charge is 2.11. The molecule has 0 saturated carbocycles. The van der Waals surface area contributed by atoms with E-state index in [0.717, 1.165) is 0 Å². The van der Waals surface area contributed by atoms with Crippen molar-refractivity contribution >= 4 is 31.5 Å². The molecule has 0 bridgehead atoms. The van der Waals surface area contributed by atoms with Gasteiger partial charge in [0.05, 0.1) is 0 Å². The highest BCUT2D eigenvalue weighted by atomic mass is 35.5. The van der Waals surface area contributed by atoms with E-state index in [2.05, 4.69) is 0 Å². The zero-order valence-electron chi connectivity index (χ0n) is 7.62. The Morgan fingerprint density at radius 3 is 1.71 bits per heavy atom. The van der Waals surface area contributed by atoms with Crippen molar-refractivity contribution in [2.45, 2.75) is 25.3 Å². The van der Waals surface area contributed by atoms with Crippen LogP contribution in [-0.4, -0.2) is 24.2 Å². The molecule has 0 fully saturated rings. The summed E-state index contributed by atoms with van der Waals surface area (Å²) in [5.74, 6) is 0.675. The number of rotatable bonds is 8. The third kappa shape index (κ3) is 8.00. The Morgan fingerprint density at radius 1 is 1.07 bits per heavy atom. The molecule has 0 amide bonds. The lowest BCUT2D eigenvalue weighted by molar-refractivity contribution is 0.131. The Hall–Kier alpha value is 0.650. The zero-order chi connectivity index (χ0) is 11.0. The Kier molecular flexibility index (Phi) is 9.33. The van der Waals surface area contributed by atoms with Gasteiger partial charge in [-0.05, 0) is 0 Å². The lowest BCUT2D eigenvalue weighted by Gasteiger charge is -2.14. The van der Waals surface area contributed by atoms with Gasteiger partial charge >= 0.3 is 8.25 Å². The summed E-state index contributed by atoms with van der Waals surface area (Å²) in [6.07, 6.45) is -0.540. The fourth-order valence-electron chi connectivity index (χ4n) is 0.608. The predicted octanol–water partition coefficient (Wildman–Crippen LogP) is 1.24. The molecule has 2 unspecified atom stereocenters. The van der Waals surface area contributed by atoms with Gasteiger partial charge in [-0.2, -0.15) is 0 Å². The van der Waals surface area contributed by atoms with Crippen molar-refractivity contribution in [1.82, 2.24) is 0 Å². The van der Waals surface area contributed by atoms with Gasteiger partial charge in [0.15, 0.2) is 0 Å². The average molecular weight is 265 g/mol. The molecular weight excluding hydrogens is 250 g/mol. The maximum atomic E-state index is 11.1. The van der Waals surface area contributed by atoms with Crippen LogP contribution >= 0.6 is 31.5 Å². The molecule has 0 radical (unpaired) electrons. The van der Waals surface area contributed by atoms with Crippen molar-refractivity contribution in [2.24, 2.45) is 11.5 Å². The van der Waals surface area contributed by atoms with Crippen LogP contribution in [0.4, 0.5) is 0 Å². The summed E-state index contributed by atoms with van der Waals surface area (Å²) in [7, 11) is -2.65. The van der Waals surface area contributed by atoms with E-state index in [1.54, 1.807) is 0 Å². The van der Waals surface area contributed by atoms with E-state index in [0.29, 0.717) is 24.6 Å². The van der Waals surface area contributed by atoms with Gasteiger partial charge < -0.3 is 11.5 Å². The number of nitrogens with two attached hydrogens (primary N) is 2. The van der Waals surface area contributed by atoms with Gasteiger partial charge in [-0.15, -0.1) is 23.2 Å². The quantitative estimate of drug-likeness (QED) is 0.391. The number of alkyl halides is 2. The Morgan fingerprint density at radius 2 is 1.43 bits per heavy atom. The molecule has 86 valence electrons. The monoisotopic (exact) mass is 264 g/mol. The summed E-state index contributed by atoms with van der Waals surface area (Å²) >= 11 is 10.8. The molecule has 0 aromatic heterocycles. The van der Waals surface area contributed by atoms with Gasteiger partial charge in [0.2, 0.25) is 0 Å². The minimum absolute atomic E-state index is 0.337. The summed E-state index contributed by atoms with van der Waals surface area (Å²) in [4.78, 5) is 0. The summed E-state index contributed by atoms with van der Waals surface area (Å²) in [6.45, 7) is 0. The maximum Gasteiger partial charge on any atom is 0.322 e. The molecule has 0 aliphatic heterocycles. The molecule has 0 heterocycles. The SMILES string of the molecule is NC(CCCl)O[PH](=O)OC(N)CCCl. The van der Waals surface area contributed by atoms with Crippen molar-refractivity contribution in [2.75, 3.05) is 11.8 Å². The number of hydrogen-bond donors (Lipinski definition) is 2. The van der Waals surface area contributed by atoms with Gasteiger partial charge in [-0.1, -0.05) is 0 Å². The maximum absolute atomic E-state index is 11.1. The van der Waals surface area contributed by atoms with Gasteiger partial charge in [0, 0.05) is 24.6 Å². The molecule has 0 aromatic rings. The van der Waals surface area contributed by atoms with Crippen LogP contribution in [0.5, 0.6) is 0 Å². The third-order valence-corrected chi connectivity index (χ3v) is 2.71. The first kappa shape index (κ1) is 14.6.